The Morgan fingerprint density at radius 2 is 2.16 bits per heavy atom. The fraction of sp³-hybridized carbons (Fsp3) is 0.583. The normalized spacial score (nSPS) is 12.8. The molecule has 1 unspecified atom stereocenters. The summed E-state index contributed by atoms with van der Waals surface area (Å²) in [6, 6.07) is -0.675. The number of carboxylic acids is 1. The number of aryl methyl sites for hydroxylation is 1. The van der Waals surface area contributed by atoms with Crippen LogP contribution in [0.2, 0.25) is 0 Å². The van der Waals surface area contributed by atoms with Crippen LogP contribution in [0.3, 0.4) is 0 Å². The quantitative estimate of drug-likeness (QED) is 0.887. The van der Waals surface area contributed by atoms with Crippen LogP contribution >= 0.6 is 11.3 Å². The second kappa shape index (κ2) is 6.01. The summed E-state index contributed by atoms with van der Waals surface area (Å²) in [6.07, 6.45) is 0.768. The third kappa shape index (κ3) is 5.69. The van der Waals surface area contributed by atoms with Crippen molar-refractivity contribution in [3.63, 3.8) is 0 Å². The molecule has 1 aromatic heterocycles. The number of alkyl carbamates (subject to hydrolysis) is 1. The van der Waals surface area contributed by atoms with E-state index in [9.17, 15) is 9.59 Å². The van der Waals surface area contributed by atoms with Crippen molar-refractivity contribution >= 4 is 23.4 Å². The average molecular weight is 286 g/mol. The molecule has 1 amide bonds. The number of rotatable bonds is 4. The van der Waals surface area contributed by atoms with E-state index in [0.29, 0.717) is 5.01 Å². The summed E-state index contributed by atoms with van der Waals surface area (Å²) < 4.78 is 5.11. The third-order valence-electron chi connectivity index (χ3n) is 2.01. The summed E-state index contributed by atoms with van der Waals surface area (Å²) in [5.74, 6) is -1.01. The average Bonchev–Trinajstić information content (AvgIpc) is 2.60. The van der Waals surface area contributed by atoms with Crippen LogP contribution in [0, 0.1) is 6.92 Å². The van der Waals surface area contributed by atoms with E-state index in [1.54, 1.807) is 27.0 Å². The van der Waals surface area contributed by atoms with Gasteiger partial charge in [-0.2, -0.15) is 0 Å². The van der Waals surface area contributed by atoms with Crippen molar-refractivity contribution in [3.8, 4) is 0 Å². The van der Waals surface area contributed by atoms with E-state index in [1.807, 2.05) is 6.92 Å². The van der Waals surface area contributed by atoms with Crippen molar-refractivity contribution in [2.24, 2.45) is 0 Å². The molecule has 0 aliphatic heterocycles. The van der Waals surface area contributed by atoms with Gasteiger partial charge in [0.05, 0.1) is 12.5 Å². The molecule has 0 bridgehead atoms. The first-order valence-corrected chi connectivity index (χ1v) is 6.62. The Labute approximate surface area is 115 Å². The molecular weight excluding hydrogens is 268 g/mol. The van der Waals surface area contributed by atoms with E-state index < -0.39 is 23.7 Å². The summed E-state index contributed by atoms with van der Waals surface area (Å²) in [6.45, 7) is 7.09. The first kappa shape index (κ1) is 15.4. The zero-order chi connectivity index (χ0) is 14.6. The Bertz CT molecular complexity index is 465. The minimum Gasteiger partial charge on any atom is -0.481 e. The zero-order valence-electron chi connectivity index (χ0n) is 11.4. The molecule has 6 nitrogen and oxygen atoms in total. The molecule has 1 heterocycles. The van der Waals surface area contributed by atoms with Gasteiger partial charge in [-0.15, -0.1) is 11.3 Å². The molecule has 0 aromatic carbocycles. The molecule has 0 aliphatic rings. The van der Waals surface area contributed by atoms with Crippen LogP contribution < -0.4 is 5.32 Å². The first-order chi connectivity index (χ1) is 8.67. The largest absolute Gasteiger partial charge is 0.481 e. The molecule has 1 rings (SSSR count). The lowest BCUT2D eigenvalue weighted by molar-refractivity contribution is -0.137. The predicted octanol–water partition coefficient (Wildman–Crippen LogP) is 2.49. The van der Waals surface area contributed by atoms with Crippen LogP contribution in [0.25, 0.3) is 0 Å². The lowest BCUT2D eigenvalue weighted by Gasteiger charge is -2.22. The molecule has 106 valence electrons. The van der Waals surface area contributed by atoms with Crippen LogP contribution in [0.15, 0.2) is 6.20 Å². The van der Waals surface area contributed by atoms with Crippen molar-refractivity contribution in [2.75, 3.05) is 0 Å². The predicted molar refractivity (Wildman–Crippen MR) is 71.2 cm³/mol. The monoisotopic (exact) mass is 286 g/mol. The van der Waals surface area contributed by atoms with Gasteiger partial charge in [-0.05, 0) is 27.7 Å². The number of thiazole rings is 1. The number of nitrogens with zero attached hydrogens (tertiary/aromatic N) is 1. The van der Waals surface area contributed by atoms with Gasteiger partial charge in [0.25, 0.3) is 0 Å². The van der Waals surface area contributed by atoms with Gasteiger partial charge in [0, 0.05) is 11.1 Å². The van der Waals surface area contributed by atoms with Crippen molar-refractivity contribution in [2.45, 2.75) is 45.8 Å². The Balaban J connectivity index is 2.76. The minimum atomic E-state index is -1.01. The molecule has 0 saturated carbocycles. The smallest absolute Gasteiger partial charge is 0.408 e. The number of ether oxygens (including phenoxy) is 1. The molecule has 0 aliphatic carbocycles. The zero-order valence-corrected chi connectivity index (χ0v) is 12.2. The Hall–Kier alpha value is -1.63. The molecule has 1 atom stereocenters. The highest BCUT2D eigenvalue weighted by molar-refractivity contribution is 7.11. The molecule has 0 fully saturated rings. The van der Waals surface area contributed by atoms with Gasteiger partial charge in [0.15, 0.2) is 0 Å². The van der Waals surface area contributed by atoms with E-state index in [1.165, 1.54) is 11.3 Å². The van der Waals surface area contributed by atoms with Gasteiger partial charge < -0.3 is 15.2 Å². The summed E-state index contributed by atoms with van der Waals surface area (Å²) in [7, 11) is 0. The molecule has 19 heavy (non-hydrogen) atoms. The number of amides is 1. The maximum atomic E-state index is 11.7. The molecular formula is C12H18N2O4S. The van der Waals surface area contributed by atoms with Gasteiger partial charge in [-0.25, -0.2) is 9.78 Å². The number of carboxylic acid groups (broad SMARTS) is 1. The second-order valence-corrected chi connectivity index (χ2v) is 6.37. The van der Waals surface area contributed by atoms with Gasteiger partial charge in [0.1, 0.15) is 10.6 Å². The number of carbonyl (C=O) groups excluding carboxylic acids is 1. The fourth-order valence-electron chi connectivity index (χ4n) is 1.36. The fourth-order valence-corrected chi connectivity index (χ4v) is 2.18. The van der Waals surface area contributed by atoms with Crippen LogP contribution in [-0.2, 0) is 9.53 Å². The molecule has 0 spiro atoms. The highest BCUT2D eigenvalue weighted by Gasteiger charge is 2.24. The van der Waals surface area contributed by atoms with Crippen molar-refractivity contribution in [3.05, 3.63) is 16.1 Å². The van der Waals surface area contributed by atoms with Crippen molar-refractivity contribution in [1.29, 1.82) is 0 Å². The van der Waals surface area contributed by atoms with E-state index >= 15 is 0 Å². The number of aromatic nitrogens is 1. The molecule has 0 radical (unpaired) electrons. The van der Waals surface area contributed by atoms with E-state index in [0.717, 1.165) is 4.88 Å². The number of nitrogens with one attached hydrogen (secondary N) is 1. The van der Waals surface area contributed by atoms with Gasteiger partial charge >= 0.3 is 12.1 Å². The standard InChI is InChI=1S/C12H18N2O4S/c1-7-6-13-10(19-7)8(5-9(15)16)14-11(17)18-12(2,3)4/h6,8H,5H2,1-4H3,(H,14,17)(H,15,16). The summed E-state index contributed by atoms with van der Waals surface area (Å²) in [4.78, 5) is 27.6. The van der Waals surface area contributed by atoms with E-state index in [-0.39, 0.29) is 6.42 Å². The lowest BCUT2D eigenvalue weighted by atomic mass is 10.2. The van der Waals surface area contributed by atoms with E-state index in [4.69, 9.17) is 9.84 Å². The maximum absolute atomic E-state index is 11.7. The Morgan fingerprint density at radius 1 is 1.53 bits per heavy atom. The van der Waals surface area contributed by atoms with Gasteiger partial charge in [-0.1, -0.05) is 0 Å². The van der Waals surface area contributed by atoms with Crippen LogP contribution in [0.5, 0.6) is 0 Å². The van der Waals surface area contributed by atoms with Crippen LogP contribution in [0.1, 0.15) is 43.1 Å². The number of hydrogen-bond donors (Lipinski definition) is 2. The lowest BCUT2D eigenvalue weighted by Crippen LogP contribution is -2.35. The maximum Gasteiger partial charge on any atom is 0.408 e. The molecule has 1 aromatic rings. The Morgan fingerprint density at radius 3 is 2.58 bits per heavy atom. The third-order valence-corrected chi connectivity index (χ3v) is 3.03. The Kier molecular flexibility index (Phi) is 4.88. The summed E-state index contributed by atoms with van der Waals surface area (Å²) >= 11 is 1.35. The topological polar surface area (TPSA) is 88.5 Å². The number of carbonyl (C=O) groups is 2. The molecule has 2 N–H and O–H groups in total. The van der Waals surface area contributed by atoms with Crippen molar-refractivity contribution in [1.82, 2.24) is 10.3 Å². The first-order valence-electron chi connectivity index (χ1n) is 5.81. The summed E-state index contributed by atoms with van der Waals surface area (Å²) in [5, 5.41) is 12.0. The number of hydrogen-bond acceptors (Lipinski definition) is 5. The van der Waals surface area contributed by atoms with Crippen LogP contribution in [0.4, 0.5) is 4.79 Å². The highest BCUT2D eigenvalue weighted by atomic mass is 32.1. The SMILES string of the molecule is Cc1cnc(C(CC(=O)O)NC(=O)OC(C)(C)C)s1. The number of aliphatic carboxylic acids is 1. The van der Waals surface area contributed by atoms with Crippen molar-refractivity contribution < 1.29 is 19.4 Å². The highest BCUT2D eigenvalue weighted by Crippen LogP contribution is 2.22. The summed E-state index contributed by atoms with van der Waals surface area (Å²) in [5.41, 5.74) is -0.628. The van der Waals surface area contributed by atoms with Crippen LogP contribution in [-0.4, -0.2) is 27.8 Å². The second-order valence-electron chi connectivity index (χ2n) is 5.11. The molecule has 7 heteroatoms. The minimum absolute atomic E-state index is 0.230. The van der Waals surface area contributed by atoms with Gasteiger partial charge in [0.2, 0.25) is 0 Å². The van der Waals surface area contributed by atoms with E-state index in [2.05, 4.69) is 10.3 Å². The van der Waals surface area contributed by atoms with Gasteiger partial charge in [-0.3, -0.25) is 4.79 Å². The molecule has 0 saturated heterocycles.